The van der Waals surface area contributed by atoms with Gasteiger partial charge in [-0.2, -0.15) is 0 Å². The normalized spacial score (nSPS) is 11.7. The summed E-state index contributed by atoms with van der Waals surface area (Å²) in [6.07, 6.45) is 1.34. The molecular formula is C21H23NO6. The van der Waals surface area contributed by atoms with Crippen LogP contribution in [0, 0.1) is 0 Å². The molecule has 0 amide bonds. The summed E-state index contributed by atoms with van der Waals surface area (Å²) >= 11 is 0. The van der Waals surface area contributed by atoms with E-state index in [1.165, 1.54) is 20.5 Å². The molecule has 0 saturated heterocycles. The standard InChI is InChI=1S/C21H23NO6/c1-14(22-24)15-9-10-19(26-3)20(11-15)28-12-16-7-5-6-8-17(16)18(13-25-2)21(23)27-4/h5-11,13,24H,12H2,1-4H3/b18-13+,22-14+. The third-order valence-corrected chi connectivity index (χ3v) is 4.06. The fourth-order valence-electron chi connectivity index (χ4n) is 2.59. The fourth-order valence-corrected chi connectivity index (χ4v) is 2.59. The van der Waals surface area contributed by atoms with Crippen molar-refractivity contribution >= 4 is 17.3 Å². The number of rotatable bonds is 8. The van der Waals surface area contributed by atoms with Crippen molar-refractivity contribution in [2.24, 2.45) is 5.16 Å². The summed E-state index contributed by atoms with van der Waals surface area (Å²) in [4.78, 5) is 12.1. The van der Waals surface area contributed by atoms with Gasteiger partial charge in [0.25, 0.3) is 0 Å². The highest BCUT2D eigenvalue weighted by Gasteiger charge is 2.17. The number of oxime groups is 1. The second kappa shape index (κ2) is 10.0. The number of carbonyl (C=O) groups is 1. The minimum Gasteiger partial charge on any atom is -0.503 e. The Kier molecular flexibility index (Phi) is 7.45. The van der Waals surface area contributed by atoms with Gasteiger partial charge in [0.15, 0.2) is 11.5 Å². The molecule has 7 nitrogen and oxygen atoms in total. The van der Waals surface area contributed by atoms with E-state index in [2.05, 4.69) is 5.16 Å². The van der Waals surface area contributed by atoms with Crippen LogP contribution >= 0.6 is 0 Å². The molecule has 148 valence electrons. The van der Waals surface area contributed by atoms with Crippen molar-refractivity contribution < 1.29 is 28.9 Å². The van der Waals surface area contributed by atoms with Gasteiger partial charge in [0.1, 0.15) is 12.2 Å². The highest BCUT2D eigenvalue weighted by molar-refractivity contribution is 6.16. The maximum absolute atomic E-state index is 12.1. The second-order valence-corrected chi connectivity index (χ2v) is 5.76. The van der Waals surface area contributed by atoms with Crippen LogP contribution in [0.25, 0.3) is 5.57 Å². The molecule has 0 aliphatic rings. The van der Waals surface area contributed by atoms with Gasteiger partial charge in [-0.15, -0.1) is 0 Å². The van der Waals surface area contributed by atoms with E-state index in [0.29, 0.717) is 28.3 Å². The van der Waals surface area contributed by atoms with Gasteiger partial charge in [0.2, 0.25) is 0 Å². The van der Waals surface area contributed by atoms with Gasteiger partial charge in [0.05, 0.1) is 33.3 Å². The Morgan fingerprint density at radius 1 is 1.11 bits per heavy atom. The van der Waals surface area contributed by atoms with Gasteiger partial charge in [-0.1, -0.05) is 29.4 Å². The quantitative estimate of drug-likeness (QED) is 0.186. The van der Waals surface area contributed by atoms with Gasteiger partial charge < -0.3 is 24.2 Å². The van der Waals surface area contributed by atoms with Crippen LogP contribution in [0.1, 0.15) is 23.6 Å². The highest BCUT2D eigenvalue weighted by atomic mass is 16.5. The predicted molar refractivity (Wildman–Crippen MR) is 105 cm³/mol. The molecule has 0 heterocycles. The Morgan fingerprint density at radius 2 is 1.86 bits per heavy atom. The van der Waals surface area contributed by atoms with E-state index >= 15 is 0 Å². The van der Waals surface area contributed by atoms with E-state index in [9.17, 15) is 4.79 Å². The van der Waals surface area contributed by atoms with Crippen molar-refractivity contribution in [2.45, 2.75) is 13.5 Å². The van der Waals surface area contributed by atoms with E-state index in [1.54, 1.807) is 38.3 Å². The number of hydrogen-bond acceptors (Lipinski definition) is 7. The van der Waals surface area contributed by atoms with Crippen molar-refractivity contribution in [1.82, 2.24) is 0 Å². The third kappa shape index (κ3) is 4.82. The lowest BCUT2D eigenvalue weighted by atomic mass is 10.0. The summed E-state index contributed by atoms with van der Waals surface area (Å²) in [6, 6.07) is 12.5. The molecule has 1 N–H and O–H groups in total. The lowest BCUT2D eigenvalue weighted by molar-refractivity contribution is -0.133. The molecule has 0 saturated carbocycles. The van der Waals surface area contributed by atoms with Crippen LogP contribution < -0.4 is 9.47 Å². The summed E-state index contributed by atoms with van der Waals surface area (Å²) in [6.45, 7) is 1.85. The summed E-state index contributed by atoms with van der Waals surface area (Å²) in [5, 5.41) is 12.2. The molecule has 0 unspecified atom stereocenters. The maximum Gasteiger partial charge on any atom is 0.341 e. The first-order chi connectivity index (χ1) is 13.5. The number of nitrogens with zero attached hydrogens (tertiary/aromatic N) is 1. The Bertz CT molecular complexity index is 888. The van der Waals surface area contributed by atoms with Crippen molar-refractivity contribution in [3.63, 3.8) is 0 Å². The van der Waals surface area contributed by atoms with E-state index in [4.69, 9.17) is 24.2 Å². The summed E-state index contributed by atoms with van der Waals surface area (Å²) < 4.78 is 21.2. The lowest BCUT2D eigenvalue weighted by Gasteiger charge is -2.15. The van der Waals surface area contributed by atoms with Crippen molar-refractivity contribution in [3.8, 4) is 11.5 Å². The second-order valence-electron chi connectivity index (χ2n) is 5.76. The van der Waals surface area contributed by atoms with Crippen LogP contribution in [-0.2, 0) is 20.9 Å². The predicted octanol–water partition coefficient (Wildman–Crippen LogP) is 3.63. The molecule has 0 atom stereocenters. The molecule has 0 fully saturated rings. The first kappa shape index (κ1) is 20.8. The minimum absolute atomic E-state index is 0.170. The zero-order valence-corrected chi connectivity index (χ0v) is 16.3. The van der Waals surface area contributed by atoms with Crippen LogP contribution in [0.5, 0.6) is 11.5 Å². The molecule has 0 bridgehead atoms. The summed E-state index contributed by atoms with van der Waals surface area (Å²) in [7, 11) is 4.31. The zero-order valence-electron chi connectivity index (χ0n) is 16.3. The lowest BCUT2D eigenvalue weighted by Crippen LogP contribution is -2.08. The van der Waals surface area contributed by atoms with Gasteiger partial charge in [0, 0.05) is 5.56 Å². The average Bonchev–Trinajstić information content (AvgIpc) is 2.75. The van der Waals surface area contributed by atoms with Crippen molar-refractivity contribution in [2.75, 3.05) is 21.3 Å². The van der Waals surface area contributed by atoms with Crippen molar-refractivity contribution in [1.29, 1.82) is 0 Å². The Balaban J connectivity index is 2.36. The molecule has 28 heavy (non-hydrogen) atoms. The number of carbonyl (C=O) groups excluding carboxylic acids is 1. The zero-order chi connectivity index (χ0) is 20.5. The molecule has 0 aliphatic carbocycles. The van der Waals surface area contributed by atoms with Crippen LogP contribution in [0.2, 0.25) is 0 Å². The molecule has 7 heteroatoms. The SMILES string of the molecule is CO/C=C(/C(=O)OC)c1ccccc1COc1cc(/C(C)=N/O)ccc1OC. The molecule has 0 radical (unpaired) electrons. The maximum atomic E-state index is 12.1. The largest absolute Gasteiger partial charge is 0.503 e. The summed E-state index contributed by atoms with van der Waals surface area (Å²) in [5.74, 6) is 0.504. The summed E-state index contributed by atoms with van der Waals surface area (Å²) in [5.41, 5.74) is 2.83. The van der Waals surface area contributed by atoms with Gasteiger partial charge in [-0.3, -0.25) is 0 Å². The highest BCUT2D eigenvalue weighted by Crippen LogP contribution is 2.30. The van der Waals surface area contributed by atoms with Crippen LogP contribution in [0.4, 0.5) is 0 Å². The van der Waals surface area contributed by atoms with Gasteiger partial charge in [-0.25, -0.2) is 4.79 Å². The molecule has 0 aliphatic heterocycles. The smallest absolute Gasteiger partial charge is 0.341 e. The molecular weight excluding hydrogens is 362 g/mol. The third-order valence-electron chi connectivity index (χ3n) is 4.06. The van der Waals surface area contributed by atoms with E-state index in [0.717, 1.165) is 5.56 Å². The first-order valence-corrected chi connectivity index (χ1v) is 8.45. The van der Waals surface area contributed by atoms with Crippen LogP contribution in [0.3, 0.4) is 0 Å². The number of methoxy groups -OCH3 is 3. The van der Waals surface area contributed by atoms with Crippen LogP contribution in [-0.4, -0.2) is 38.2 Å². The first-order valence-electron chi connectivity index (χ1n) is 8.45. The number of ether oxygens (including phenoxy) is 4. The average molecular weight is 385 g/mol. The molecule has 2 aromatic carbocycles. The number of benzene rings is 2. The van der Waals surface area contributed by atoms with Gasteiger partial charge >= 0.3 is 5.97 Å². The van der Waals surface area contributed by atoms with Gasteiger partial charge in [-0.05, 0) is 36.2 Å². The van der Waals surface area contributed by atoms with E-state index in [-0.39, 0.29) is 12.2 Å². The monoisotopic (exact) mass is 385 g/mol. The number of esters is 1. The Morgan fingerprint density at radius 3 is 2.50 bits per heavy atom. The van der Waals surface area contributed by atoms with E-state index < -0.39 is 5.97 Å². The Hall–Kier alpha value is -3.48. The molecule has 0 spiro atoms. The molecule has 2 rings (SSSR count). The van der Waals surface area contributed by atoms with Crippen LogP contribution in [0.15, 0.2) is 53.9 Å². The molecule has 2 aromatic rings. The Labute approximate surface area is 163 Å². The van der Waals surface area contributed by atoms with Crippen molar-refractivity contribution in [3.05, 3.63) is 65.4 Å². The topological polar surface area (TPSA) is 86.6 Å². The van der Waals surface area contributed by atoms with E-state index in [1.807, 2.05) is 18.2 Å². The number of hydrogen-bond donors (Lipinski definition) is 1. The fraction of sp³-hybridized carbons (Fsp3) is 0.238. The molecule has 0 aromatic heterocycles. The minimum atomic E-state index is -0.510.